The van der Waals surface area contributed by atoms with E-state index in [0.717, 1.165) is 19.3 Å². The summed E-state index contributed by atoms with van der Waals surface area (Å²) >= 11 is 0. The summed E-state index contributed by atoms with van der Waals surface area (Å²) in [6, 6.07) is 6.78. The molecule has 0 saturated carbocycles. The molecular weight excluding hydrogens is 342 g/mol. The normalized spacial score (nSPS) is 15.0. The third-order valence-electron chi connectivity index (χ3n) is 4.46. The molecule has 0 heterocycles. The predicted molar refractivity (Wildman–Crippen MR) is 106 cm³/mol. The van der Waals surface area contributed by atoms with Gasteiger partial charge < -0.3 is 14.8 Å². The monoisotopic (exact) mass is 373 g/mol. The minimum Gasteiger partial charge on any atom is -0.493 e. The average molecular weight is 373 g/mol. The Morgan fingerprint density at radius 1 is 1.11 bits per heavy atom. The third kappa shape index (κ3) is 7.45. The van der Waals surface area contributed by atoms with Gasteiger partial charge in [-0.1, -0.05) is 25.5 Å². The molecule has 0 bridgehead atoms. The van der Waals surface area contributed by atoms with Crippen LogP contribution >= 0.6 is 0 Å². The van der Waals surface area contributed by atoms with Crippen molar-refractivity contribution in [2.75, 3.05) is 13.2 Å². The number of carbonyl (C=O) groups is 2. The zero-order valence-electron chi connectivity index (χ0n) is 16.6. The quantitative estimate of drug-likeness (QED) is 0.518. The van der Waals surface area contributed by atoms with Crippen LogP contribution in [0.25, 0.3) is 0 Å². The Kier molecular flexibility index (Phi) is 8.37. The molecule has 27 heavy (non-hydrogen) atoms. The van der Waals surface area contributed by atoms with E-state index in [1.807, 2.05) is 0 Å². The summed E-state index contributed by atoms with van der Waals surface area (Å²) in [6.45, 7) is 6.94. The second-order valence-corrected chi connectivity index (χ2v) is 7.43. The van der Waals surface area contributed by atoms with Crippen molar-refractivity contribution in [3.8, 4) is 5.75 Å². The van der Waals surface area contributed by atoms with Gasteiger partial charge in [0.05, 0.1) is 12.2 Å². The lowest BCUT2D eigenvalue weighted by Gasteiger charge is -2.16. The van der Waals surface area contributed by atoms with E-state index in [1.54, 1.807) is 31.2 Å². The molecule has 0 fully saturated rings. The van der Waals surface area contributed by atoms with Crippen LogP contribution in [0.4, 0.5) is 0 Å². The van der Waals surface area contributed by atoms with Crippen molar-refractivity contribution >= 4 is 11.9 Å². The first-order chi connectivity index (χ1) is 13.0. The number of allylic oxidation sites excluding steroid dienone is 1. The molecule has 0 aromatic heterocycles. The fourth-order valence-corrected chi connectivity index (χ4v) is 2.85. The van der Waals surface area contributed by atoms with Gasteiger partial charge in [-0.2, -0.15) is 0 Å². The van der Waals surface area contributed by atoms with Gasteiger partial charge in [-0.15, -0.1) is 0 Å². The zero-order valence-corrected chi connectivity index (χ0v) is 16.6. The topological polar surface area (TPSA) is 64.6 Å². The number of benzene rings is 1. The Morgan fingerprint density at radius 3 is 2.48 bits per heavy atom. The molecule has 1 amide bonds. The number of nitrogens with one attached hydrogen (secondary N) is 1. The van der Waals surface area contributed by atoms with Crippen molar-refractivity contribution in [3.05, 3.63) is 41.5 Å². The van der Waals surface area contributed by atoms with Crippen LogP contribution in [-0.2, 0) is 9.53 Å². The van der Waals surface area contributed by atoms with Crippen LogP contribution in [0, 0.1) is 5.92 Å². The minimum absolute atomic E-state index is 0.267. The third-order valence-corrected chi connectivity index (χ3v) is 4.46. The average Bonchev–Trinajstić information content (AvgIpc) is 2.67. The minimum atomic E-state index is -0.824. The van der Waals surface area contributed by atoms with Crippen LogP contribution in [0.2, 0.25) is 0 Å². The summed E-state index contributed by atoms with van der Waals surface area (Å²) in [5, 5.41) is 2.85. The Labute approximate surface area is 162 Å². The molecule has 0 saturated heterocycles. The van der Waals surface area contributed by atoms with Gasteiger partial charge in [-0.25, -0.2) is 4.79 Å². The molecule has 1 aromatic carbocycles. The van der Waals surface area contributed by atoms with E-state index in [4.69, 9.17) is 9.47 Å². The summed E-state index contributed by atoms with van der Waals surface area (Å²) in [5.41, 5.74) is 1.81. The maximum atomic E-state index is 12.2. The summed E-state index contributed by atoms with van der Waals surface area (Å²) in [7, 11) is 0. The van der Waals surface area contributed by atoms with Crippen LogP contribution in [0.1, 0.15) is 63.2 Å². The lowest BCUT2D eigenvalue weighted by molar-refractivity contribution is -0.129. The van der Waals surface area contributed by atoms with E-state index in [1.165, 1.54) is 18.4 Å². The molecule has 1 aliphatic carbocycles. The van der Waals surface area contributed by atoms with Crippen LogP contribution in [-0.4, -0.2) is 31.1 Å². The maximum Gasteiger partial charge on any atom is 0.338 e. The Bertz CT molecular complexity index is 649. The van der Waals surface area contributed by atoms with Gasteiger partial charge in [0.15, 0.2) is 6.10 Å². The second-order valence-electron chi connectivity index (χ2n) is 7.43. The van der Waals surface area contributed by atoms with Gasteiger partial charge in [0.1, 0.15) is 5.75 Å². The van der Waals surface area contributed by atoms with E-state index in [-0.39, 0.29) is 5.91 Å². The van der Waals surface area contributed by atoms with Gasteiger partial charge in [0, 0.05) is 6.54 Å². The molecule has 2 rings (SSSR count). The van der Waals surface area contributed by atoms with Crippen LogP contribution in [0.15, 0.2) is 35.9 Å². The van der Waals surface area contributed by atoms with Crippen molar-refractivity contribution in [2.45, 2.75) is 59.0 Å². The number of hydrogen-bond donors (Lipinski definition) is 1. The van der Waals surface area contributed by atoms with Gasteiger partial charge in [-0.05, 0) is 69.2 Å². The highest BCUT2D eigenvalue weighted by molar-refractivity contribution is 5.92. The molecular formula is C22H31NO4. The smallest absolute Gasteiger partial charge is 0.338 e. The fraction of sp³-hybridized carbons (Fsp3) is 0.545. The largest absolute Gasteiger partial charge is 0.493 e. The highest BCUT2D eigenvalue weighted by Gasteiger charge is 2.18. The van der Waals surface area contributed by atoms with Crippen molar-refractivity contribution in [1.29, 1.82) is 0 Å². The molecule has 0 radical (unpaired) electrons. The lowest BCUT2D eigenvalue weighted by atomic mass is 9.97. The van der Waals surface area contributed by atoms with Gasteiger partial charge in [0.2, 0.25) is 0 Å². The SMILES string of the molecule is CC(C)COc1ccc(C(=O)O[C@@H](C)C(=O)NCCC2=CCCCC2)cc1. The van der Waals surface area contributed by atoms with Crippen LogP contribution in [0.5, 0.6) is 5.75 Å². The molecule has 1 aliphatic rings. The first kappa shape index (κ1) is 21.0. The first-order valence-electron chi connectivity index (χ1n) is 9.85. The van der Waals surface area contributed by atoms with E-state index in [2.05, 4.69) is 25.2 Å². The molecule has 148 valence electrons. The van der Waals surface area contributed by atoms with Crippen molar-refractivity contribution in [2.24, 2.45) is 5.92 Å². The predicted octanol–water partition coefficient (Wildman–Crippen LogP) is 4.27. The molecule has 0 spiro atoms. The molecule has 0 aliphatic heterocycles. The summed E-state index contributed by atoms with van der Waals surface area (Å²) in [4.78, 5) is 24.3. The Hall–Kier alpha value is -2.30. The number of hydrogen-bond acceptors (Lipinski definition) is 4. The van der Waals surface area contributed by atoms with E-state index >= 15 is 0 Å². The van der Waals surface area contributed by atoms with E-state index in [0.29, 0.717) is 30.4 Å². The second kappa shape index (κ2) is 10.8. The number of esters is 1. The molecule has 5 nitrogen and oxygen atoms in total. The number of ether oxygens (including phenoxy) is 2. The molecule has 1 aromatic rings. The zero-order chi connectivity index (χ0) is 19.6. The van der Waals surface area contributed by atoms with Gasteiger partial charge >= 0.3 is 5.97 Å². The Balaban J connectivity index is 1.74. The number of rotatable bonds is 9. The molecule has 0 unspecified atom stereocenters. The standard InChI is InChI=1S/C22H31NO4/c1-16(2)15-26-20-11-9-19(10-12-20)22(25)27-17(3)21(24)23-14-13-18-7-5-4-6-8-18/h7,9-12,16-17H,4-6,8,13-15H2,1-3H3,(H,23,24)/t17-/m0/s1. The van der Waals surface area contributed by atoms with Crippen molar-refractivity contribution < 1.29 is 19.1 Å². The van der Waals surface area contributed by atoms with Crippen LogP contribution < -0.4 is 10.1 Å². The Morgan fingerprint density at radius 2 is 1.85 bits per heavy atom. The number of carbonyl (C=O) groups excluding carboxylic acids is 2. The van der Waals surface area contributed by atoms with E-state index < -0.39 is 12.1 Å². The number of amides is 1. The highest BCUT2D eigenvalue weighted by atomic mass is 16.5. The fourth-order valence-electron chi connectivity index (χ4n) is 2.85. The molecule has 1 atom stereocenters. The van der Waals surface area contributed by atoms with Crippen molar-refractivity contribution in [3.63, 3.8) is 0 Å². The maximum absolute atomic E-state index is 12.2. The first-order valence-corrected chi connectivity index (χ1v) is 9.85. The summed E-state index contributed by atoms with van der Waals surface area (Å²) in [5.74, 6) is 0.367. The molecule has 1 N–H and O–H groups in total. The van der Waals surface area contributed by atoms with Crippen LogP contribution in [0.3, 0.4) is 0 Å². The van der Waals surface area contributed by atoms with Gasteiger partial charge in [0.25, 0.3) is 5.91 Å². The summed E-state index contributed by atoms with van der Waals surface area (Å²) < 4.78 is 10.9. The molecule has 5 heteroatoms. The van der Waals surface area contributed by atoms with E-state index in [9.17, 15) is 9.59 Å². The summed E-state index contributed by atoms with van der Waals surface area (Å²) in [6.07, 6.45) is 7.06. The lowest BCUT2D eigenvalue weighted by Crippen LogP contribution is -2.36. The highest BCUT2D eigenvalue weighted by Crippen LogP contribution is 2.19. The van der Waals surface area contributed by atoms with Gasteiger partial charge in [-0.3, -0.25) is 4.79 Å². The van der Waals surface area contributed by atoms with Crippen molar-refractivity contribution in [1.82, 2.24) is 5.32 Å².